The number of ether oxygens (including phenoxy) is 5. The Morgan fingerprint density at radius 2 is 0.927 bits per heavy atom. The monoisotopic (exact) mass is 776 g/mol. The van der Waals surface area contributed by atoms with Gasteiger partial charge in [-0.1, -0.05) is 140 Å². The van der Waals surface area contributed by atoms with Crippen molar-refractivity contribution >= 4 is 5.97 Å². The highest BCUT2D eigenvalue weighted by molar-refractivity contribution is 5.69. The highest BCUT2D eigenvalue weighted by Crippen LogP contribution is 2.13. The van der Waals surface area contributed by atoms with Crippen LogP contribution in [0, 0.1) is 0 Å². The van der Waals surface area contributed by atoms with Crippen molar-refractivity contribution in [1.29, 1.82) is 0 Å². The van der Waals surface area contributed by atoms with Gasteiger partial charge in [0.15, 0.2) is 12.6 Å². The smallest absolute Gasteiger partial charge is 0.308 e. The molecule has 0 spiro atoms. The Labute approximate surface area is 341 Å². The molecule has 0 aromatic heterocycles. The van der Waals surface area contributed by atoms with Crippen LogP contribution in [-0.2, 0) is 28.5 Å². The highest BCUT2D eigenvalue weighted by Gasteiger charge is 2.20. The molecule has 55 heavy (non-hydrogen) atoms. The van der Waals surface area contributed by atoms with Gasteiger partial charge in [-0.25, -0.2) is 0 Å². The predicted octanol–water partition coefficient (Wildman–Crippen LogP) is 13.6. The van der Waals surface area contributed by atoms with E-state index in [1.807, 2.05) is 27.9 Å². The first kappa shape index (κ1) is 53.2. The van der Waals surface area contributed by atoms with Crippen molar-refractivity contribution in [1.82, 2.24) is 4.90 Å². The fourth-order valence-electron chi connectivity index (χ4n) is 6.04. The number of nitrogens with zero attached hydrogens (tertiary/aromatic N) is 1. The van der Waals surface area contributed by atoms with Gasteiger partial charge in [-0.15, -0.1) is 0 Å². The molecule has 0 aromatic carbocycles. The van der Waals surface area contributed by atoms with Crippen molar-refractivity contribution in [3.63, 3.8) is 0 Å². The molecule has 3 unspecified atom stereocenters. The minimum Gasteiger partial charge on any atom is -0.433 e. The molecule has 0 aliphatic carbocycles. The Balaban J connectivity index is 4.14. The number of hydrogen-bond donors (Lipinski definition) is 0. The van der Waals surface area contributed by atoms with Gasteiger partial charge < -0.3 is 28.6 Å². The van der Waals surface area contributed by atoms with Crippen LogP contribution in [0.15, 0.2) is 48.6 Å². The standard InChI is InChI=1S/C48H89NO6/c1-7-9-11-13-15-17-19-21-23-25-27-29-31-33-35-37-42-51-45(3)53-44-48(55-47(50)40-39-41-49(5)6)54-46(4)52-43-38-36-34-32-30-28-26-24-22-20-18-16-14-12-10-8-2/h15-18,21-24,45-46,48H,7-14,19-20,25-44H2,1-6H3/b17-15-,18-16-,23-21-,24-22-. The van der Waals surface area contributed by atoms with E-state index in [0.29, 0.717) is 19.6 Å². The van der Waals surface area contributed by atoms with E-state index in [9.17, 15) is 4.79 Å². The molecule has 3 atom stereocenters. The quantitative estimate of drug-likeness (QED) is 0.0265. The molecule has 0 saturated heterocycles. The molecule has 0 fully saturated rings. The van der Waals surface area contributed by atoms with Gasteiger partial charge in [-0.2, -0.15) is 0 Å². The van der Waals surface area contributed by atoms with Crippen molar-refractivity contribution in [3.05, 3.63) is 48.6 Å². The van der Waals surface area contributed by atoms with Crippen LogP contribution in [0.1, 0.15) is 195 Å². The number of esters is 1. The Bertz CT molecular complexity index is 916. The van der Waals surface area contributed by atoms with E-state index < -0.39 is 18.9 Å². The zero-order valence-corrected chi connectivity index (χ0v) is 37.0. The van der Waals surface area contributed by atoms with E-state index in [1.165, 1.54) is 116 Å². The van der Waals surface area contributed by atoms with Crippen LogP contribution in [0.4, 0.5) is 0 Å². The topological polar surface area (TPSA) is 66.5 Å². The number of allylic oxidation sites excluding steroid dienone is 8. The number of unbranched alkanes of at least 4 members (excludes halogenated alkanes) is 18. The number of carbonyl (C=O) groups is 1. The normalized spacial score (nSPS) is 14.0. The summed E-state index contributed by atoms with van der Waals surface area (Å²) in [6, 6.07) is 0. The zero-order valence-electron chi connectivity index (χ0n) is 37.0. The summed E-state index contributed by atoms with van der Waals surface area (Å²) in [4.78, 5) is 14.6. The Morgan fingerprint density at radius 1 is 0.509 bits per heavy atom. The molecular formula is C48H89NO6. The van der Waals surface area contributed by atoms with Crippen molar-refractivity contribution < 1.29 is 28.5 Å². The molecule has 0 aliphatic rings. The summed E-state index contributed by atoms with van der Waals surface area (Å²) >= 11 is 0. The molecule has 0 amide bonds. The zero-order chi connectivity index (χ0) is 40.3. The first-order valence-corrected chi connectivity index (χ1v) is 22.8. The second-order valence-corrected chi connectivity index (χ2v) is 15.3. The minimum absolute atomic E-state index is 0.100. The molecule has 0 saturated carbocycles. The second kappa shape index (κ2) is 43.4. The number of hydrogen-bond acceptors (Lipinski definition) is 7. The van der Waals surface area contributed by atoms with Crippen LogP contribution >= 0.6 is 0 Å². The lowest BCUT2D eigenvalue weighted by molar-refractivity contribution is -0.262. The van der Waals surface area contributed by atoms with Crippen molar-refractivity contribution in [3.8, 4) is 0 Å². The average Bonchev–Trinajstić information content (AvgIpc) is 3.16. The van der Waals surface area contributed by atoms with E-state index in [4.69, 9.17) is 23.7 Å². The lowest BCUT2D eigenvalue weighted by Gasteiger charge is -2.24. The molecule has 0 radical (unpaired) electrons. The summed E-state index contributed by atoms with van der Waals surface area (Å²) in [6.45, 7) is 10.4. The molecule has 0 bridgehead atoms. The molecule has 7 nitrogen and oxygen atoms in total. The lowest BCUT2D eigenvalue weighted by Crippen LogP contribution is -2.33. The first-order valence-electron chi connectivity index (χ1n) is 22.8. The van der Waals surface area contributed by atoms with E-state index in [1.54, 1.807) is 0 Å². The van der Waals surface area contributed by atoms with Gasteiger partial charge >= 0.3 is 5.97 Å². The maximum atomic E-state index is 12.6. The van der Waals surface area contributed by atoms with E-state index in [0.717, 1.165) is 51.5 Å². The largest absolute Gasteiger partial charge is 0.433 e. The van der Waals surface area contributed by atoms with E-state index in [2.05, 4.69) is 67.4 Å². The first-order chi connectivity index (χ1) is 26.9. The van der Waals surface area contributed by atoms with E-state index >= 15 is 0 Å². The third-order valence-corrected chi connectivity index (χ3v) is 9.45. The van der Waals surface area contributed by atoms with Crippen molar-refractivity contribution in [2.75, 3.05) is 40.5 Å². The average molecular weight is 776 g/mol. The fraction of sp³-hybridized carbons (Fsp3) is 0.812. The molecule has 0 rings (SSSR count). The summed E-state index contributed by atoms with van der Waals surface area (Å²) in [5.74, 6) is -0.289. The molecule has 322 valence electrons. The van der Waals surface area contributed by atoms with E-state index in [-0.39, 0.29) is 12.6 Å². The SMILES string of the molecule is CCCCC/C=C\C/C=C\CCCCCCCCOC(C)OCC(OC(=O)CCCN(C)C)OC(C)OCCCCCCCC/C=C\C/C=C\CCCCC. The van der Waals surface area contributed by atoms with Gasteiger partial charge in [-0.05, 0) is 118 Å². The van der Waals surface area contributed by atoms with Gasteiger partial charge in [-0.3, -0.25) is 4.79 Å². The van der Waals surface area contributed by atoms with Gasteiger partial charge in [0, 0.05) is 19.6 Å². The maximum Gasteiger partial charge on any atom is 0.308 e. The summed E-state index contributed by atoms with van der Waals surface area (Å²) < 4.78 is 29.4. The summed E-state index contributed by atoms with van der Waals surface area (Å²) in [7, 11) is 3.99. The van der Waals surface area contributed by atoms with Crippen molar-refractivity contribution in [2.45, 2.75) is 214 Å². The fourth-order valence-corrected chi connectivity index (χ4v) is 6.04. The number of carbonyl (C=O) groups excluding carboxylic acids is 1. The minimum atomic E-state index is -0.842. The molecular weight excluding hydrogens is 687 g/mol. The van der Waals surface area contributed by atoms with Crippen LogP contribution in [0.3, 0.4) is 0 Å². The van der Waals surface area contributed by atoms with Gasteiger partial charge in [0.1, 0.15) is 6.61 Å². The summed E-state index contributed by atoms with van der Waals surface area (Å²) in [5.41, 5.74) is 0. The van der Waals surface area contributed by atoms with Crippen LogP contribution in [-0.4, -0.2) is 70.2 Å². The molecule has 7 heteroatoms. The third kappa shape index (κ3) is 43.2. The second-order valence-electron chi connectivity index (χ2n) is 15.3. The predicted molar refractivity (Wildman–Crippen MR) is 234 cm³/mol. The summed E-state index contributed by atoms with van der Waals surface area (Å²) in [5, 5.41) is 0. The maximum absolute atomic E-state index is 12.6. The molecule has 0 aliphatic heterocycles. The third-order valence-electron chi connectivity index (χ3n) is 9.45. The highest BCUT2D eigenvalue weighted by atomic mass is 16.8. The van der Waals surface area contributed by atoms with Crippen LogP contribution in [0.2, 0.25) is 0 Å². The Kier molecular flexibility index (Phi) is 42.0. The molecule has 0 heterocycles. The van der Waals surface area contributed by atoms with Gasteiger partial charge in [0.05, 0.1) is 0 Å². The van der Waals surface area contributed by atoms with Gasteiger partial charge in [0.25, 0.3) is 0 Å². The van der Waals surface area contributed by atoms with Gasteiger partial charge in [0.2, 0.25) is 6.29 Å². The molecule has 0 aromatic rings. The summed E-state index contributed by atoms with van der Waals surface area (Å²) in [6.07, 6.45) is 47.0. The van der Waals surface area contributed by atoms with Crippen LogP contribution in [0.25, 0.3) is 0 Å². The Hall–Kier alpha value is -1.77. The number of rotatable bonds is 42. The Morgan fingerprint density at radius 3 is 1.38 bits per heavy atom. The molecule has 0 N–H and O–H groups in total. The van der Waals surface area contributed by atoms with Crippen molar-refractivity contribution in [2.24, 2.45) is 0 Å². The van der Waals surface area contributed by atoms with Crippen LogP contribution < -0.4 is 0 Å². The lowest BCUT2D eigenvalue weighted by atomic mass is 10.1. The van der Waals surface area contributed by atoms with Crippen LogP contribution in [0.5, 0.6) is 0 Å².